The summed E-state index contributed by atoms with van der Waals surface area (Å²) in [5.74, 6) is -1.91. The number of hydrogen-bond donors (Lipinski definition) is 3. The third kappa shape index (κ3) is 7.78. The van der Waals surface area contributed by atoms with Gasteiger partial charge in [0, 0.05) is 36.8 Å². The van der Waals surface area contributed by atoms with Gasteiger partial charge in [0.1, 0.15) is 23.1 Å². The molecule has 2 heterocycles. The zero-order valence-electron chi connectivity index (χ0n) is 26.2. The molecule has 0 saturated carbocycles. The van der Waals surface area contributed by atoms with E-state index in [9.17, 15) is 28.4 Å². The molecule has 1 unspecified atom stereocenters. The number of aromatic nitrogens is 1. The predicted molar refractivity (Wildman–Crippen MR) is 174 cm³/mol. The maximum absolute atomic E-state index is 14.0. The zero-order valence-corrected chi connectivity index (χ0v) is 27.1. The number of fused-ring (bicyclic) bond motifs is 2. The van der Waals surface area contributed by atoms with Gasteiger partial charge in [-0.05, 0) is 63.1 Å². The Labute approximate surface area is 271 Å². The summed E-state index contributed by atoms with van der Waals surface area (Å²) in [5, 5.41) is 17.1. The van der Waals surface area contributed by atoms with E-state index in [1.165, 1.54) is 23.2 Å². The molecule has 5 rings (SSSR count). The van der Waals surface area contributed by atoms with Crippen LogP contribution in [0.1, 0.15) is 59.0 Å². The highest BCUT2D eigenvalue weighted by Gasteiger charge is 2.37. The molecule has 0 bridgehead atoms. The monoisotopic (exact) mass is 662 g/mol. The number of amides is 2. The molecule has 2 atom stereocenters. The number of phenols is 1. The Balaban J connectivity index is 1.33. The minimum atomic E-state index is -3.66. The van der Waals surface area contributed by atoms with Crippen LogP contribution < -0.4 is 14.9 Å². The molecule has 3 N–H and O–H groups in total. The Bertz CT molecular complexity index is 1840. The number of nitrogens with zero attached hydrogens (tertiary/aromatic N) is 2. The summed E-state index contributed by atoms with van der Waals surface area (Å²) in [6.45, 7) is 5.24. The van der Waals surface area contributed by atoms with Crippen molar-refractivity contribution in [1.29, 1.82) is 0 Å². The second kappa shape index (κ2) is 14.3. The molecule has 3 aromatic carbocycles. The van der Waals surface area contributed by atoms with Gasteiger partial charge in [-0.2, -0.15) is 0 Å². The first kappa shape index (κ1) is 33.6. The van der Waals surface area contributed by atoms with E-state index in [0.29, 0.717) is 22.3 Å². The van der Waals surface area contributed by atoms with Crippen molar-refractivity contribution >= 4 is 36.2 Å². The van der Waals surface area contributed by atoms with E-state index >= 15 is 0 Å². The molecule has 0 aliphatic carbocycles. The first-order valence-electron chi connectivity index (χ1n) is 15.2. The summed E-state index contributed by atoms with van der Waals surface area (Å²) in [6, 6.07) is 16.7. The summed E-state index contributed by atoms with van der Waals surface area (Å²) in [5.41, 5.74) is 1.34. The Morgan fingerprint density at radius 3 is 2.49 bits per heavy atom. The van der Waals surface area contributed by atoms with Crippen molar-refractivity contribution in [2.45, 2.75) is 52.4 Å². The van der Waals surface area contributed by atoms with Gasteiger partial charge in [-0.3, -0.25) is 23.9 Å². The molecule has 1 aromatic heterocycles. The molecular formula is C34H36FN4O7P. The van der Waals surface area contributed by atoms with Crippen LogP contribution in [0.4, 0.5) is 4.39 Å². The Hall–Kier alpha value is -4.80. The standard InChI is InChI=1S/C34H36FN4O7P/c1-21(2)45-34(43)22(3)38-47(44,46-25-9-5-4-6-10-25)18-8-17-37-32(41)28-26-11-7-16-36-30(26)31(40)29-27(28)20-39(33(29)42)19-23-12-14-24(35)15-13-23/h4-7,9-16,21-22,40H,8,17-20H2,1-3H3,(H,37,41)(H,38,44)/t22-,47?/m0/s1. The number of ether oxygens (including phenoxy) is 1. The minimum absolute atomic E-state index is 0.00399. The normalized spacial score (nSPS) is 14.5. The fraction of sp³-hybridized carbons (Fsp3) is 0.294. The van der Waals surface area contributed by atoms with Crippen LogP contribution in [0.25, 0.3) is 10.9 Å². The van der Waals surface area contributed by atoms with E-state index in [0.717, 1.165) is 0 Å². The van der Waals surface area contributed by atoms with E-state index in [-0.39, 0.29) is 60.7 Å². The van der Waals surface area contributed by atoms with Crippen molar-refractivity contribution < 1.29 is 37.7 Å². The van der Waals surface area contributed by atoms with Gasteiger partial charge in [0.2, 0.25) is 0 Å². The van der Waals surface area contributed by atoms with Crippen LogP contribution in [0, 0.1) is 5.82 Å². The third-order valence-electron chi connectivity index (χ3n) is 7.51. The molecule has 13 heteroatoms. The van der Waals surface area contributed by atoms with Gasteiger partial charge in [-0.1, -0.05) is 36.4 Å². The topological polar surface area (TPSA) is 147 Å². The van der Waals surface area contributed by atoms with E-state index in [4.69, 9.17) is 9.26 Å². The van der Waals surface area contributed by atoms with Gasteiger partial charge in [0.05, 0.1) is 23.4 Å². The number of hydrogen-bond acceptors (Lipinski definition) is 8. The van der Waals surface area contributed by atoms with Crippen LogP contribution in [-0.4, -0.2) is 57.6 Å². The third-order valence-corrected chi connectivity index (χ3v) is 9.70. The average Bonchev–Trinajstić information content (AvgIpc) is 3.35. The lowest BCUT2D eigenvalue weighted by Crippen LogP contribution is -2.36. The first-order valence-corrected chi connectivity index (χ1v) is 17.0. The van der Waals surface area contributed by atoms with Crippen molar-refractivity contribution in [2.75, 3.05) is 12.7 Å². The van der Waals surface area contributed by atoms with E-state index in [1.54, 1.807) is 75.4 Å². The molecule has 11 nitrogen and oxygen atoms in total. The quantitative estimate of drug-likeness (QED) is 0.0952. The number of phenolic OH excluding ortho intramolecular Hbond substituents is 1. The second-order valence-electron chi connectivity index (χ2n) is 11.5. The molecule has 2 amide bonds. The molecule has 1 aliphatic heterocycles. The lowest BCUT2D eigenvalue weighted by atomic mass is 9.96. The van der Waals surface area contributed by atoms with Gasteiger partial charge in [0.15, 0.2) is 5.75 Å². The van der Waals surface area contributed by atoms with E-state index < -0.39 is 37.2 Å². The van der Waals surface area contributed by atoms with Crippen molar-refractivity contribution in [3.05, 3.63) is 101 Å². The van der Waals surface area contributed by atoms with E-state index in [2.05, 4.69) is 15.4 Å². The first-order chi connectivity index (χ1) is 22.5. The van der Waals surface area contributed by atoms with Crippen molar-refractivity contribution in [1.82, 2.24) is 20.3 Å². The molecule has 47 heavy (non-hydrogen) atoms. The highest BCUT2D eigenvalue weighted by Crippen LogP contribution is 2.44. The SMILES string of the molecule is CC(C)OC(=O)[C@H](C)NP(=O)(CCCNC(=O)c1c2c(c(O)c3ncccc13)C(=O)N(Cc1ccc(F)cc1)C2)Oc1ccccc1. The number of pyridine rings is 1. The summed E-state index contributed by atoms with van der Waals surface area (Å²) in [6.07, 6.45) is 1.29. The highest BCUT2D eigenvalue weighted by molar-refractivity contribution is 7.57. The van der Waals surface area contributed by atoms with Gasteiger partial charge in [-0.25, -0.2) is 9.48 Å². The molecule has 0 spiro atoms. The number of benzene rings is 3. The van der Waals surface area contributed by atoms with Crippen molar-refractivity contribution in [3.8, 4) is 11.5 Å². The Kier molecular flexibility index (Phi) is 10.2. The van der Waals surface area contributed by atoms with Crippen LogP contribution in [0.2, 0.25) is 0 Å². The minimum Gasteiger partial charge on any atom is -0.505 e. The number of carbonyl (C=O) groups is 3. The van der Waals surface area contributed by atoms with Crippen LogP contribution in [-0.2, 0) is 27.2 Å². The van der Waals surface area contributed by atoms with Gasteiger partial charge >= 0.3 is 13.5 Å². The summed E-state index contributed by atoms with van der Waals surface area (Å²) in [4.78, 5) is 45.4. The molecule has 0 saturated heterocycles. The fourth-order valence-electron chi connectivity index (χ4n) is 5.40. The largest absolute Gasteiger partial charge is 0.505 e. The Morgan fingerprint density at radius 1 is 1.06 bits per heavy atom. The number of aromatic hydroxyl groups is 1. The Morgan fingerprint density at radius 2 is 1.79 bits per heavy atom. The van der Waals surface area contributed by atoms with Gasteiger partial charge < -0.3 is 24.6 Å². The van der Waals surface area contributed by atoms with Gasteiger partial charge in [-0.15, -0.1) is 0 Å². The van der Waals surface area contributed by atoms with Crippen molar-refractivity contribution in [3.63, 3.8) is 0 Å². The highest BCUT2D eigenvalue weighted by atomic mass is 31.2. The van der Waals surface area contributed by atoms with E-state index in [1.807, 2.05) is 0 Å². The number of rotatable bonds is 13. The van der Waals surface area contributed by atoms with Crippen LogP contribution in [0.3, 0.4) is 0 Å². The maximum atomic E-state index is 14.0. The van der Waals surface area contributed by atoms with Crippen molar-refractivity contribution in [2.24, 2.45) is 0 Å². The second-order valence-corrected chi connectivity index (χ2v) is 13.7. The zero-order chi connectivity index (χ0) is 33.7. The summed E-state index contributed by atoms with van der Waals surface area (Å²) in [7, 11) is -3.66. The number of nitrogens with one attached hydrogen (secondary N) is 2. The van der Waals surface area contributed by atoms with Crippen LogP contribution >= 0.6 is 7.52 Å². The molecule has 0 radical (unpaired) electrons. The average molecular weight is 663 g/mol. The summed E-state index contributed by atoms with van der Waals surface area (Å²) >= 11 is 0. The molecule has 4 aromatic rings. The van der Waals surface area contributed by atoms with Crippen LogP contribution in [0.5, 0.6) is 11.5 Å². The summed E-state index contributed by atoms with van der Waals surface area (Å²) < 4.78 is 38.5. The molecular weight excluding hydrogens is 626 g/mol. The van der Waals surface area contributed by atoms with Gasteiger partial charge in [0.25, 0.3) is 11.8 Å². The number of halogens is 1. The smallest absolute Gasteiger partial charge is 0.323 e. The lowest BCUT2D eigenvalue weighted by Gasteiger charge is -2.24. The fourth-order valence-corrected chi connectivity index (χ4v) is 7.40. The maximum Gasteiger partial charge on any atom is 0.323 e. The predicted octanol–water partition coefficient (Wildman–Crippen LogP) is 5.56. The van der Waals surface area contributed by atoms with Crippen LogP contribution in [0.15, 0.2) is 72.9 Å². The lowest BCUT2D eigenvalue weighted by molar-refractivity contribution is -0.149. The number of carbonyl (C=O) groups excluding carboxylic acids is 3. The molecule has 246 valence electrons. The molecule has 0 fully saturated rings. The molecule has 1 aliphatic rings. The number of para-hydroxylation sites is 1. The number of esters is 1.